The molecule has 24 heavy (non-hydrogen) atoms. The van der Waals surface area contributed by atoms with Crippen LogP contribution in [-0.4, -0.2) is 66.2 Å². The molecule has 1 N–H and O–H groups in total. The van der Waals surface area contributed by atoms with E-state index < -0.39 is 0 Å². The van der Waals surface area contributed by atoms with E-state index in [1.165, 1.54) is 11.3 Å². The highest BCUT2D eigenvalue weighted by Crippen LogP contribution is 2.18. The molecule has 7 heteroatoms. The summed E-state index contributed by atoms with van der Waals surface area (Å²) in [6.45, 7) is 3.09. The molecule has 1 aliphatic heterocycles. The number of nitrogens with zero attached hydrogens (tertiary/aromatic N) is 2. The molecule has 6 nitrogen and oxygen atoms in total. The predicted molar refractivity (Wildman–Crippen MR) is 92.1 cm³/mol. The lowest BCUT2D eigenvalue weighted by Crippen LogP contribution is -2.51. The van der Waals surface area contributed by atoms with Gasteiger partial charge in [0.25, 0.3) is 0 Å². The predicted octanol–water partition coefficient (Wildman–Crippen LogP) is 1.13. The van der Waals surface area contributed by atoms with Gasteiger partial charge in [-0.25, -0.2) is 0 Å². The van der Waals surface area contributed by atoms with E-state index in [0.29, 0.717) is 43.6 Å². The van der Waals surface area contributed by atoms with E-state index in [4.69, 9.17) is 0 Å². The lowest BCUT2D eigenvalue weighted by atomic mass is 10.1. The Balaban J connectivity index is 1.35. The van der Waals surface area contributed by atoms with Gasteiger partial charge < -0.3 is 10.2 Å². The monoisotopic (exact) mass is 349 g/mol. The summed E-state index contributed by atoms with van der Waals surface area (Å²) in [6.07, 6.45) is 2.72. The fourth-order valence-corrected chi connectivity index (χ4v) is 3.49. The van der Waals surface area contributed by atoms with Crippen LogP contribution in [0.5, 0.6) is 0 Å². The normalized spacial score (nSPS) is 18.4. The number of nitrogens with one attached hydrogen (secondary N) is 1. The first-order valence-corrected chi connectivity index (χ1v) is 9.36. The quantitative estimate of drug-likeness (QED) is 0.750. The third-order valence-electron chi connectivity index (χ3n) is 4.40. The van der Waals surface area contributed by atoms with Gasteiger partial charge in [0.15, 0.2) is 5.78 Å². The average Bonchev–Trinajstić information content (AvgIpc) is 3.21. The molecule has 1 aromatic heterocycles. The van der Waals surface area contributed by atoms with E-state index in [2.05, 4.69) is 10.2 Å². The number of carbonyl (C=O) groups is 3. The summed E-state index contributed by atoms with van der Waals surface area (Å²) in [4.78, 5) is 40.6. The smallest absolute Gasteiger partial charge is 0.234 e. The fourth-order valence-electron chi connectivity index (χ4n) is 2.80. The summed E-state index contributed by atoms with van der Waals surface area (Å²) in [7, 11) is 0. The van der Waals surface area contributed by atoms with Crippen molar-refractivity contribution in [2.75, 3.05) is 32.7 Å². The average molecular weight is 349 g/mol. The molecule has 2 heterocycles. The highest BCUT2D eigenvalue weighted by Gasteiger charge is 2.26. The van der Waals surface area contributed by atoms with Gasteiger partial charge >= 0.3 is 0 Å². The van der Waals surface area contributed by atoms with Crippen molar-refractivity contribution in [3.63, 3.8) is 0 Å². The summed E-state index contributed by atoms with van der Waals surface area (Å²) < 4.78 is 0. The van der Waals surface area contributed by atoms with Crippen LogP contribution < -0.4 is 5.32 Å². The molecule has 0 atom stereocenters. The van der Waals surface area contributed by atoms with Crippen molar-refractivity contribution in [3.8, 4) is 0 Å². The molecule has 0 unspecified atom stereocenters. The van der Waals surface area contributed by atoms with Crippen molar-refractivity contribution < 1.29 is 14.4 Å². The van der Waals surface area contributed by atoms with Gasteiger partial charge in [-0.15, -0.1) is 11.3 Å². The third kappa shape index (κ3) is 4.88. The molecule has 0 spiro atoms. The zero-order valence-corrected chi connectivity index (χ0v) is 14.5. The lowest BCUT2D eigenvalue weighted by Gasteiger charge is -2.34. The summed E-state index contributed by atoms with van der Waals surface area (Å²) in [5.74, 6) is 0.148. The molecule has 130 valence electrons. The Bertz CT molecular complexity index is 590. The second kappa shape index (κ2) is 7.90. The number of Topliss-reactive ketones (excluding diaryl/α,β-unsaturated/α-hetero) is 1. The zero-order chi connectivity index (χ0) is 16.9. The van der Waals surface area contributed by atoms with E-state index in [9.17, 15) is 14.4 Å². The van der Waals surface area contributed by atoms with E-state index in [-0.39, 0.29) is 30.4 Å². The SMILES string of the molecule is O=C(CN1CCN(C(=O)CCC(=O)c2cccs2)CC1)NC1CC1. The molecule has 2 fully saturated rings. The molecule has 3 rings (SSSR count). The standard InChI is InChI=1S/C17H23N3O3S/c21-14(15-2-1-11-24-15)5-6-17(23)20-9-7-19(8-10-20)12-16(22)18-13-3-4-13/h1-2,11,13H,3-10,12H2,(H,18,22). The second-order valence-corrected chi connectivity index (χ2v) is 7.35. The molecular formula is C17H23N3O3S. The van der Waals surface area contributed by atoms with Crippen LogP contribution >= 0.6 is 11.3 Å². The van der Waals surface area contributed by atoms with Crippen LogP contribution in [0.1, 0.15) is 35.4 Å². The lowest BCUT2D eigenvalue weighted by molar-refractivity contribution is -0.133. The van der Waals surface area contributed by atoms with Crippen molar-refractivity contribution >= 4 is 28.9 Å². The first-order valence-electron chi connectivity index (χ1n) is 8.48. The van der Waals surface area contributed by atoms with Gasteiger partial charge in [-0.2, -0.15) is 0 Å². The minimum Gasteiger partial charge on any atom is -0.352 e. The second-order valence-electron chi connectivity index (χ2n) is 6.40. The Kier molecular flexibility index (Phi) is 5.63. The Morgan fingerprint density at radius 2 is 1.88 bits per heavy atom. The maximum Gasteiger partial charge on any atom is 0.234 e. The number of hydrogen-bond donors (Lipinski definition) is 1. The molecule has 0 aromatic carbocycles. The summed E-state index contributed by atoms with van der Waals surface area (Å²) >= 11 is 1.41. The van der Waals surface area contributed by atoms with Crippen LogP contribution in [0.25, 0.3) is 0 Å². The van der Waals surface area contributed by atoms with Gasteiger partial charge in [0.2, 0.25) is 11.8 Å². The van der Waals surface area contributed by atoms with E-state index in [1.54, 1.807) is 11.0 Å². The van der Waals surface area contributed by atoms with E-state index in [1.807, 2.05) is 11.4 Å². The van der Waals surface area contributed by atoms with Gasteiger partial charge in [0.1, 0.15) is 0 Å². The summed E-state index contributed by atoms with van der Waals surface area (Å²) in [6, 6.07) is 4.03. The van der Waals surface area contributed by atoms with Crippen LogP contribution in [0.15, 0.2) is 17.5 Å². The van der Waals surface area contributed by atoms with Gasteiger partial charge in [0.05, 0.1) is 11.4 Å². The number of rotatable bonds is 7. The minimum atomic E-state index is 0.0296. The number of hydrogen-bond acceptors (Lipinski definition) is 5. The molecule has 1 saturated carbocycles. The highest BCUT2D eigenvalue weighted by atomic mass is 32.1. The van der Waals surface area contributed by atoms with Crippen LogP contribution in [0, 0.1) is 0 Å². The Morgan fingerprint density at radius 1 is 1.12 bits per heavy atom. The first-order chi connectivity index (χ1) is 11.6. The Hall–Kier alpha value is -1.73. The first kappa shape index (κ1) is 17.1. The van der Waals surface area contributed by atoms with E-state index >= 15 is 0 Å². The molecule has 1 aliphatic carbocycles. The fraction of sp³-hybridized carbons (Fsp3) is 0.588. The van der Waals surface area contributed by atoms with Crippen LogP contribution in [-0.2, 0) is 9.59 Å². The minimum absolute atomic E-state index is 0.0296. The van der Waals surface area contributed by atoms with Crippen molar-refractivity contribution in [1.82, 2.24) is 15.1 Å². The zero-order valence-electron chi connectivity index (χ0n) is 13.7. The third-order valence-corrected chi connectivity index (χ3v) is 5.31. The largest absolute Gasteiger partial charge is 0.352 e. The molecular weight excluding hydrogens is 326 g/mol. The maximum absolute atomic E-state index is 12.2. The van der Waals surface area contributed by atoms with Gasteiger partial charge in [0, 0.05) is 45.1 Å². The van der Waals surface area contributed by atoms with Crippen molar-refractivity contribution in [2.24, 2.45) is 0 Å². The van der Waals surface area contributed by atoms with E-state index in [0.717, 1.165) is 12.8 Å². The molecule has 0 radical (unpaired) electrons. The van der Waals surface area contributed by atoms with Crippen LogP contribution in [0.3, 0.4) is 0 Å². The topological polar surface area (TPSA) is 69.7 Å². The van der Waals surface area contributed by atoms with Crippen molar-refractivity contribution in [2.45, 2.75) is 31.7 Å². The molecule has 2 aliphatic rings. The number of ketones is 1. The summed E-state index contributed by atoms with van der Waals surface area (Å²) in [5, 5.41) is 4.85. The molecule has 2 amide bonds. The van der Waals surface area contributed by atoms with Crippen LogP contribution in [0.2, 0.25) is 0 Å². The molecule has 1 aromatic rings. The van der Waals surface area contributed by atoms with Gasteiger partial charge in [-0.3, -0.25) is 19.3 Å². The number of carbonyl (C=O) groups excluding carboxylic acids is 3. The summed E-state index contributed by atoms with van der Waals surface area (Å²) in [5.41, 5.74) is 0. The Labute approximate surface area is 145 Å². The number of thiophene rings is 1. The Morgan fingerprint density at radius 3 is 2.50 bits per heavy atom. The molecule has 1 saturated heterocycles. The number of piperazine rings is 1. The van der Waals surface area contributed by atoms with Gasteiger partial charge in [-0.05, 0) is 24.3 Å². The van der Waals surface area contributed by atoms with Gasteiger partial charge in [-0.1, -0.05) is 6.07 Å². The maximum atomic E-state index is 12.2. The van der Waals surface area contributed by atoms with Crippen LogP contribution in [0.4, 0.5) is 0 Å². The number of amides is 2. The van der Waals surface area contributed by atoms with Crippen molar-refractivity contribution in [1.29, 1.82) is 0 Å². The van der Waals surface area contributed by atoms with Crippen molar-refractivity contribution in [3.05, 3.63) is 22.4 Å². The molecule has 0 bridgehead atoms. The highest BCUT2D eigenvalue weighted by molar-refractivity contribution is 7.12.